The highest BCUT2D eigenvalue weighted by molar-refractivity contribution is 6.03. The lowest BCUT2D eigenvalue weighted by Crippen LogP contribution is -2.48. The number of fused-ring (bicyclic) bond motifs is 2. The predicted molar refractivity (Wildman–Crippen MR) is 148 cm³/mol. The zero-order chi connectivity index (χ0) is 28.5. The Labute approximate surface area is 234 Å². The van der Waals surface area contributed by atoms with Crippen molar-refractivity contribution in [1.82, 2.24) is 16.0 Å². The highest BCUT2D eigenvalue weighted by Gasteiger charge is 2.40. The van der Waals surface area contributed by atoms with Crippen LogP contribution in [0.25, 0.3) is 0 Å². The lowest BCUT2D eigenvalue weighted by atomic mass is 9.90. The third-order valence-electron chi connectivity index (χ3n) is 7.03. The van der Waals surface area contributed by atoms with Crippen LogP contribution in [0.4, 0.5) is 11.4 Å². The van der Waals surface area contributed by atoms with Crippen LogP contribution in [0.3, 0.4) is 0 Å². The molecule has 0 saturated heterocycles. The van der Waals surface area contributed by atoms with Crippen molar-refractivity contribution in [2.24, 2.45) is 15.3 Å². The molecule has 3 aliphatic rings. The Balaban J connectivity index is 1.22. The number of ether oxygens (including phenoxy) is 3. The standard InChI is InChI=1S/C27H26N8O6/c1-33-12-11-18-13-21-24(41-15-40-21)25(39-2)22(18)23(33)26-29-31-32-34(26)19-9-5-17(6-10-19)27(36)30-28-14-16-3-7-20(8-4-16)35(37)38/h3-10,13-14,23,31-32H,11-12,15H2,1-2H3,(H,30,36)/p-1/t23-/m0/s1. The van der Waals surface area contributed by atoms with Gasteiger partial charge in [0.25, 0.3) is 5.69 Å². The predicted octanol–water partition coefficient (Wildman–Crippen LogP) is 1.84. The number of hydrogen-bond donors (Lipinski definition) is 2. The van der Waals surface area contributed by atoms with E-state index in [9.17, 15) is 15.2 Å². The van der Waals surface area contributed by atoms with Crippen molar-refractivity contribution < 1.29 is 24.2 Å². The third-order valence-corrected chi connectivity index (χ3v) is 7.03. The van der Waals surface area contributed by atoms with Gasteiger partial charge in [-0.15, -0.1) is 10.6 Å². The minimum atomic E-state index is -0.530. The van der Waals surface area contributed by atoms with Gasteiger partial charge in [0.1, 0.15) is 6.04 Å². The van der Waals surface area contributed by atoms with Gasteiger partial charge < -0.3 is 19.3 Å². The summed E-state index contributed by atoms with van der Waals surface area (Å²) >= 11 is 0. The molecule has 0 amide bonds. The molecular formula is C27H25N8O6-. The fourth-order valence-electron chi connectivity index (χ4n) is 5.02. The number of nitrogens with one attached hydrogen (secondary N) is 2. The smallest absolute Gasteiger partial charge is 0.269 e. The molecule has 0 unspecified atom stereocenters. The summed E-state index contributed by atoms with van der Waals surface area (Å²) in [6, 6.07) is 14.4. The Morgan fingerprint density at radius 1 is 1.20 bits per heavy atom. The molecule has 0 spiro atoms. The number of benzene rings is 3. The SMILES string of the molecule is COc1c2c(cc3c1[C@@H](C1=NNNN1c1ccc(C([O-])=NN=Cc4ccc([N+](=O)[O-])cc4)cc1)N(C)CC3)OCO2. The minimum absolute atomic E-state index is 0.0308. The molecule has 0 aromatic heterocycles. The summed E-state index contributed by atoms with van der Waals surface area (Å²) in [4.78, 5) is 12.5. The fourth-order valence-corrected chi connectivity index (χ4v) is 5.02. The van der Waals surface area contributed by atoms with E-state index in [1.807, 2.05) is 13.1 Å². The van der Waals surface area contributed by atoms with Gasteiger partial charge in [0.05, 0.1) is 23.9 Å². The van der Waals surface area contributed by atoms with Crippen molar-refractivity contribution >= 4 is 29.3 Å². The lowest BCUT2D eigenvalue weighted by Gasteiger charge is -2.37. The molecule has 210 valence electrons. The molecule has 0 aliphatic carbocycles. The van der Waals surface area contributed by atoms with Crippen molar-refractivity contribution in [3.8, 4) is 17.2 Å². The number of non-ortho nitro benzene ring substituents is 1. The van der Waals surface area contributed by atoms with Crippen LogP contribution in [-0.4, -0.2) is 55.3 Å². The first-order chi connectivity index (χ1) is 19.9. The summed E-state index contributed by atoms with van der Waals surface area (Å²) in [6.45, 7) is 0.938. The molecule has 3 aromatic carbocycles. The van der Waals surface area contributed by atoms with Crippen molar-refractivity contribution in [1.29, 1.82) is 0 Å². The molecule has 41 heavy (non-hydrogen) atoms. The number of nitrogens with zero attached hydrogens (tertiary/aromatic N) is 6. The Hall–Kier alpha value is -5.21. The van der Waals surface area contributed by atoms with E-state index in [1.165, 1.54) is 30.5 Å². The number of amidine groups is 1. The molecule has 0 radical (unpaired) electrons. The Bertz CT molecular complexity index is 1570. The van der Waals surface area contributed by atoms with Crippen LogP contribution in [0.15, 0.2) is 69.9 Å². The van der Waals surface area contributed by atoms with Crippen LogP contribution >= 0.6 is 0 Å². The molecule has 3 aliphatic heterocycles. The molecule has 3 aromatic rings. The van der Waals surface area contributed by atoms with E-state index in [0.29, 0.717) is 34.2 Å². The number of hydrazone groups is 1. The van der Waals surface area contributed by atoms with Crippen LogP contribution in [0.2, 0.25) is 0 Å². The Morgan fingerprint density at radius 3 is 2.71 bits per heavy atom. The summed E-state index contributed by atoms with van der Waals surface area (Å²) in [7, 11) is 3.64. The van der Waals surface area contributed by atoms with Crippen molar-refractivity contribution in [3.05, 3.63) is 87.0 Å². The number of hydrazine groups is 2. The van der Waals surface area contributed by atoms with E-state index in [4.69, 9.17) is 14.2 Å². The molecule has 6 rings (SSSR count). The number of hydrogen-bond acceptors (Lipinski definition) is 13. The largest absolute Gasteiger partial charge is 0.857 e. The van der Waals surface area contributed by atoms with Crippen LogP contribution in [0.5, 0.6) is 17.2 Å². The van der Waals surface area contributed by atoms with Gasteiger partial charge in [-0.3, -0.25) is 15.0 Å². The van der Waals surface area contributed by atoms with Gasteiger partial charge in [0.15, 0.2) is 17.3 Å². The van der Waals surface area contributed by atoms with E-state index >= 15 is 0 Å². The topological polar surface area (TPSA) is 162 Å². The second-order valence-corrected chi connectivity index (χ2v) is 9.42. The molecule has 14 nitrogen and oxygen atoms in total. The number of rotatable bonds is 7. The zero-order valence-electron chi connectivity index (χ0n) is 22.1. The molecule has 2 N–H and O–H groups in total. The van der Waals surface area contributed by atoms with E-state index < -0.39 is 10.8 Å². The first kappa shape index (κ1) is 26.0. The van der Waals surface area contributed by atoms with E-state index in [-0.39, 0.29) is 18.5 Å². The van der Waals surface area contributed by atoms with Gasteiger partial charge in [0, 0.05) is 30.1 Å². The number of likely N-dealkylation sites (N-methyl/N-ethyl adjacent to an activating group) is 1. The number of methoxy groups -OCH3 is 1. The summed E-state index contributed by atoms with van der Waals surface area (Å²) in [6.07, 6.45) is 2.17. The first-order valence-corrected chi connectivity index (χ1v) is 12.7. The quantitative estimate of drug-likeness (QED) is 0.190. The van der Waals surface area contributed by atoms with Crippen molar-refractivity contribution in [2.75, 3.05) is 32.5 Å². The number of anilines is 1. The Morgan fingerprint density at radius 2 is 1.98 bits per heavy atom. The van der Waals surface area contributed by atoms with E-state index in [2.05, 4.69) is 31.3 Å². The van der Waals surface area contributed by atoms with Gasteiger partial charge in [0.2, 0.25) is 12.5 Å². The second-order valence-electron chi connectivity index (χ2n) is 9.42. The van der Waals surface area contributed by atoms with Gasteiger partial charge in [-0.05, 0) is 60.5 Å². The maximum Gasteiger partial charge on any atom is 0.269 e. The molecule has 0 bridgehead atoms. The van der Waals surface area contributed by atoms with E-state index in [0.717, 1.165) is 29.8 Å². The number of nitro benzene ring substituents is 1. The molecule has 14 heteroatoms. The summed E-state index contributed by atoms with van der Waals surface area (Å²) in [5, 5.41) is 37.3. The van der Waals surface area contributed by atoms with Crippen LogP contribution in [0.1, 0.15) is 28.3 Å². The maximum absolute atomic E-state index is 12.6. The molecule has 0 saturated carbocycles. The maximum atomic E-state index is 12.6. The second kappa shape index (κ2) is 10.7. The van der Waals surface area contributed by atoms with Crippen LogP contribution in [0, 0.1) is 10.1 Å². The first-order valence-electron chi connectivity index (χ1n) is 12.7. The van der Waals surface area contributed by atoms with Crippen LogP contribution in [-0.2, 0) is 6.42 Å². The highest BCUT2D eigenvalue weighted by Crippen LogP contribution is 2.50. The summed E-state index contributed by atoms with van der Waals surface area (Å²) in [5.74, 6) is 2.03. The highest BCUT2D eigenvalue weighted by atomic mass is 16.7. The summed E-state index contributed by atoms with van der Waals surface area (Å²) < 4.78 is 17.2. The minimum Gasteiger partial charge on any atom is -0.857 e. The number of nitro groups is 1. The normalized spacial score (nSPS) is 18.3. The van der Waals surface area contributed by atoms with Gasteiger partial charge >= 0.3 is 0 Å². The Kier molecular flexibility index (Phi) is 6.83. The zero-order valence-corrected chi connectivity index (χ0v) is 22.1. The molecule has 3 heterocycles. The van der Waals surface area contributed by atoms with Crippen LogP contribution < -0.4 is 35.4 Å². The average molecular weight is 558 g/mol. The van der Waals surface area contributed by atoms with Gasteiger partial charge in [-0.25, -0.2) is 10.5 Å². The lowest BCUT2D eigenvalue weighted by molar-refractivity contribution is -0.384. The average Bonchev–Trinajstić information content (AvgIpc) is 3.66. The molecular weight excluding hydrogens is 532 g/mol. The summed E-state index contributed by atoms with van der Waals surface area (Å²) in [5.41, 5.74) is 9.58. The third kappa shape index (κ3) is 4.85. The molecule has 1 atom stereocenters. The van der Waals surface area contributed by atoms with Gasteiger partial charge in [-0.2, -0.15) is 10.2 Å². The molecule has 0 fully saturated rings. The van der Waals surface area contributed by atoms with Gasteiger partial charge in [-0.1, -0.05) is 12.1 Å². The monoisotopic (exact) mass is 557 g/mol. The van der Waals surface area contributed by atoms with E-state index in [1.54, 1.807) is 36.4 Å². The van der Waals surface area contributed by atoms with Crippen molar-refractivity contribution in [2.45, 2.75) is 12.5 Å². The van der Waals surface area contributed by atoms with Crippen molar-refractivity contribution in [3.63, 3.8) is 0 Å². The fraction of sp³-hybridized carbons (Fsp3) is 0.222.